The smallest absolute Gasteiger partial charge is 0.258 e. The maximum absolute atomic E-state index is 13.7. The van der Waals surface area contributed by atoms with Crippen LogP contribution in [0.2, 0.25) is 0 Å². The average Bonchev–Trinajstić information content (AvgIpc) is 3.26. The second-order valence-corrected chi connectivity index (χ2v) is 8.79. The van der Waals surface area contributed by atoms with Crippen LogP contribution in [0.3, 0.4) is 0 Å². The van der Waals surface area contributed by atoms with Crippen LogP contribution in [0.15, 0.2) is 72.9 Å². The van der Waals surface area contributed by atoms with Crippen LogP contribution in [-0.2, 0) is 0 Å². The quantitative estimate of drug-likeness (QED) is 0.340. The maximum Gasteiger partial charge on any atom is 0.258 e. The molecule has 0 saturated carbocycles. The zero-order chi connectivity index (χ0) is 23.5. The van der Waals surface area contributed by atoms with Gasteiger partial charge in [0, 0.05) is 35.4 Å². The lowest BCUT2D eigenvalue weighted by Crippen LogP contribution is -2.32. The number of hydrogen-bond donors (Lipinski definition) is 3. The molecule has 0 bridgehead atoms. The molecular weight excluding hydrogens is 424 g/mol. The van der Waals surface area contributed by atoms with Gasteiger partial charge in [0.25, 0.3) is 5.91 Å². The Bertz CT molecular complexity index is 1310. The number of hydrogen-bond acceptors (Lipinski definition) is 4. The summed E-state index contributed by atoms with van der Waals surface area (Å²) < 4.78 is 6.14. The van der Waals surface area contributed by atoms with Crippen LogP contribution in [0.1, 0.15) is 30.1 Å². The number of benzene rings is 3. The van der Waals surface area contributed by atoms with Crippen LogP contribution in [0.4, 0.5) is 11.4 Å². The number of ether oxygens (including phenoxy) is 1. The minimum atomic E-state index is -0.0281. The summed E-state index contributed by atoms with van der Waals surface area (Å²) in [5.41, 5.74) is 11.3. The van der Waals surface area contributed by atoms with E-state index in [0.717, 1.165) is 46.2 Å². The number of nitrogens with zero attached hydrogens (tertiary/aromatic N) is 1. The number of carbonyl (C=O) groups is 1. The Labute approximate surface area is 199 Å². The largest absolute Gasteiger partial charge is 0.493 e. The fourth-order valence-corrected chi connectivity index (χ4v) is 4.48. The van der Waals surface area contributed by atoms with E-state index >= 15 is 0 Å². The fraction of sp³-hybridized carbons (Fsp3) is 0.250. The molecule has 2 heterocycles. The second kappa shape index (κ2) is 9.61. The molecule has 0 spiro atoms. The maximum atomic E-state index is 13.7. The number of rotatable bonds is 6. The number of H-pyrrole nitrogens is 1. The first-order chi connectivity index (χ1) is 16.6. The molecule has 0 fully saturated rings. The third-order valence-corrected chi connectivity index (χ3v) is 6.33. The molecule has 4 aromatic rings. The van der Waals surface area contributed by atoms with Crippen molar-refractivity contribution in [2.24, 2.45) is 5.73 Å². The van der Waals surface area contributed by atoms with Gasteiger partial charge in [-0.1, -0.05) is 18.2 Å². The van der Waals surface area contributed by atoms with E-state index in [0.29, 0.717) is 37.1 Å². The SMILES string of the molecule is C[C@H]1CCN(C(=O)c2ccc(-c3ccc4[nH]ccc4c3)c(OCCCN)c2)c2ccccc2N1. The van der Waals surface area contributed by atoms with Gasteiger partial charge in [0.1, 0.15) is 5.75 Å². The van der Waals surface area contributed by atoms with Crippen molar-refractivity contribution in [1.29, 1.82) is 0 Å². The minimum Gasteiger partial charge on any atom is -0.493 e. The first-order valence-corrected chi connectivity index (χ1v) is 11.9. The predicted octanol–water partition coefficient (Wildman–Crippen LogP) is 5.41. The topological polar surface area (TPSA) is 83.4 Å². The van der Waals surface area contributed by atoms with Gasteiger partial charge >= 0.3 is 0 Å². The number of aromatic nitrogens is 1. The van der Waals surface area contributed by atoms with Crippen LogP contribution in [-0.4, -0.2) is 36.6 Å². The van der Waals surface area contributed by atoms with Gasteiger partial charge in [-0.3, -0.25) is 4.79 Å². The summed E-state index contributed by atoms with van der Waals surface area (Å²) in [6.45, 7) is 3.85. The lowest BCUT2D eigenvalue weighted by atomic mass is 10.0. The first kappa shape index (κ1) is 22.0. The van der Waals surface area contributed by atoms with Gasteiger partial charge in [-0.15, -0.1) is 0 Å². The molecule has 0 saturated heterocycles. The lowest BCUT2D eigenvalue weighted by molar-refractivity contribution is 0.0986. The Morgan fingerprint density at radius 1 is 1.12 bits per heavy atom. The average molecular weight is 455 g/mol. The van der Waals surface area contributed by atoms with E-state index in [1.54, 1.807) is 0 Å². The van der Waals surface area contributed by atoms with E-state index in [1.165, 1.54) is 0 Å². The Morgan fingerprint density at radius 3 is 2.88 bits per heavy atom. The van der Waals surface area contributed by atoms with Gasteiger partial charge in [0.15, 0.2) is 0 Å². The number of para-hydroxylation sites is 2. The molecule has 0 radical (unpaired) electrons. The van der Waals surface area contributed by atoms with Gasteiger partial charge in [-0.25, -0.2) is 0 Å². The fourth-order valence-electron chi connectivity index (χ4n) is 4.48. The minimum absolute atomic E-state index is 0.0281. The highest BCUT2D eigenvalue weighted by Gasteiger charge is 2.25. The number of anilines is 2. The van der Waals surface area contributed by atoms with Crippen molar-refractivity contribution in [1.82, 2.24) is 4.98 Å². The summed E-state index contributed by atoms with van der Waals surface area (Å²) in [6.07, 6.45) is 3.55. The van der Waals surface area contributed by atoms with Gasteiger partial charge in [-0.05, 0) is 85.8 Å². The third kappa shape index (κ3) is 4.37. The molecular formula is C28H30N4O2. The Balaban J connectivity index is 1.52. The molecule has 1 aromatic heterocycles. The molecule has 0 aliphatic carbocycles. The highest BCUT2D eigenvalue weighted by atomic mass is 16.5. The van der Waals surface area contributed by atoms with Crippen LogP contribution in [0.5, 0.6) is 5.75 Å². The molecule has 6 heteroatoms. The molecule has 34 heavy (non-hydrogen) atoms. The molecule has 6 nitrogen and oxygen atoms in total. The summed E-state index contributed by atoms with van der Waals surface area (Å²) >= 11 is 0. The van der Waals surface area contributed by atoms with Gasteiger partial charge in [0.05, 0.1) is 18.0 Å². The number of amides is 1. The van der Waals surface area contributed by atoms with Gasteiger partial charge in [0.2, 0.25) is 0 Å². The zero-order valence-electron chi connectivity index (χ0n) is 19.4. The van der Waals surface area contributed by atoms with Crippen LogP contribution in [0.25, 0.3) is 22.0 Å². The molecule has 1 atom stereocenters. The van der Waals surface area contributed by atoms with Crippen molar-refractivity contribution in [3.63, 3.8) is 0 Å². The van der Waals surface area contributed by atoms with Crippen molar-refractivity contribution in [3.05, 3.63) is 78.5 Å². The van der Waals surface area contributed by atoms with E-state index in [4.69, 9.17) is 10.5 Å². The number of fused-ring (bicyclic) bond motifs is 2. The molecule has 3 aromatic carbocycles. The van der Waals surface area contributed by atoms with Crippen molar-refractivity contribution < 1.29 is 9.53 Å². The molecule has 4 N–H and O–H groups in total. The lowest BCUT2D eigenvalue weighted by Gasteiger charge is -2.23. The van der Waals surface area contributed by atoms with Crippen LogP contribution < -0.4 is 20.7 Å². The van der Waals surface area contributed by atoms with Gasteiger partial charge < -0.3 is 25.7 Å². The summed E-state index contributed by atoms with van der Waals surface area (Å²) in [5.74, 6) is 0.670. The highest BCUT2D eigenvalue weighted by Crippen LogP contribution is 2.35. The Hall–Kier alpha value is -3.77. The monoisotopic (exact) mass is 454 g/mol. The number of nitrogens with one attached hydrogen (secondary N) is 2. The molecule has 1 aliphatic rings. The van der Waals surface area contributed by atoms with Gasteiger partial charge in [-0.2, -0.15) is 0 Å². The Morgan fingerprint density at radius 2 is 2.00 bits per heavy atom. The molecule has 1 aliphatic heterocycles. The standard InChI is InChI=1S/C28H30N4O2/c1-19-12-15-32(26-6-3-2-5-25(26)31-19)28(33)22-7-9-23(27(18-22)34-16-4-13-29)20-8-10-24-21(17-20)11-14-30-24/h2-3,5-11,14,17-19,30-31H,4,12-13,15-16,29H2,1H3/t19-/m0/s1. The Kier molecular flexibility index (Phi) is 6.23. The number of carbonyl (C=O) groups excluding carboxylic acids is 1. The normalized spacial score (nSPS) is 15.5. The van der Waals surface area contributed by atoms with Crippen molar-refractivity contribution in [2.75, 3.05) is 29.9 Å². The van der Waals surface area contributed by atoms with E-state index in [9.17, 15) is 4.79 Å². The van der Waals surface area contributed by atoms with E-state index in [1.807, 2.05) is 53.6 Å². The predicted molar refractivity (Wildman–Crippen MR) is 139 cm³/mol. The summed E-state index contributed by atoms with van der Waals surface area (Å²) in [7, 11) is 0. The van der Waals surface area contributed by atoms with E-state index in [-0.39, 0.29) is 5.91 Å². The molecule has 174 valence electrons. The van der Waals surface area contributed by atoms with Crippen molar-refractivity contribution in [3.8, 4) is 16.9 Å². The summed E-state index contributed by atoms with van der Waals surface area (Å²) in [6, 6.07) is 22.4. The number of aromatic amines is 1. The van der Waals surface area contributed by atoms with Crippen LogP contribution in [0, 0.1) is 0 Å². The number of nitrogens with two attached hydrogens (primary N) is 1. The summed E-state index contributed by atoms with van der Waals surface area (Å²) in [4.78, 5) is 18.8. The zero-order valence-corrected chi connectivity index (χ0v) is 19.4. The highest BCUT2D eigenvalue weighted by molar-refractivity contribution is 6.08. The van der Waals surface area contributed by atoms with E-state index in [2.05, 4.69) is 41.5 Å². The van der Waals surface area contributed by atoms with E-state index < -0.39 is 0 Å². The van der Waals surface area contributed by atoms with Crippen molar-refractivity contribution in [2.45, 2.75) is 25.8 Å². The molecule has 1 amide bonds. The third-order valence-electron chi connectivity index (χ3n) is 6.33. The summed E-state index contributed by atoms with van der Waals surface area (Å²) in [5, 5.41) is 4.65. The van der Waals surface area contributed by atoms with Crippen molar-refractivity contribution >= 4 is 28.2 Å². The first-order valence-electron chi connectivity index (χ1n) is 11.9. The molecule has 0 unspecified atom stereocenters. The van der Waals surface area contributed by atoms with Crippen LogP contribution >= 0.6 is 0 Å². The molecule has 5 rings (SSSR count). The second-order valence-electron chi connectivity index (χ2n) is 8.79.